The Bertz CT molecular complexity index is 1410. The summed E-state index contributed by atoms with van der Waals surface area (Å²) in [6.45, 7) is 6.14. The van der Waals surface area contributed by atoms with Gasteiger partial charge in [-0.05, 0) is 35.2 Å². The van der Waals surface area contributed by atoms with E-state index in [4.69, 9.17) is 4.74 Å². The fraction of sp³-hybridized carbons (Fsp3) is 0.250. The number of aromatic nitrogens is 2. The lowest BCUT2D eigenvalue weighted by Crippen LogP contribution is -2.28. The molecule has 0 aliphatic carbocycles. The van der Waals surface area contributed by atoms with Crippen LogP contribution in [-0.4, -0.2) is 31.3 Å². The van der Waals surface area contributed by atoms with Crippen molar-refractivity contribution < 1.29 is 13.2 Å². The zero-order chi connectivity index (χ0) is 24.4. The summed E-state index contributed by atoms with van der Waals surface area (Å²) < 4.78 is 32.3. The van der Waals surface area contributed by atoms with Gasteiger partial charge in [-0.2, -0.15) is 0 Å². The van der Waals surface area contributed by atoms with Gasteiger partial charge in [0.25, 0.3) is 5.56 Å². The third-order valence-corrected chi connectivity index (χ3v) is 5.49. The summed E-state index contributed by atoms with van der Waals surface area (Å²) in [5, 5.41) is 0. The summed E-state index contributed by atoms with van der Waals surface area (Å²) >= 11 is 0. The average Bonchev–Trinajstić information content (AvgIpc) is 2.71. The maximum absolute atomic E-state index is 12.4. The first-order chi connectivity index (χ1) is 15.4. The highest BCUT2D eigenvalue weighted by Gasteiger charge is 2.22. The number of nitrogens with zero attached hydrogens (tertiary/aromatic N) is 1. The van der Waals surface area contributed by atoms with Crippen LogP contribution in [0.1, 0.15) is 37.5 Å². The summed E-state index contributed by atoms with van der Waals surface area (Å²) in [6.07, 6.45) is 6.28. The second kappa shape index (κ2) is 9.11. The number of nitrogens with one attached hydrogen (secondary N) is 2. The van der Waals surface area contributed by atoms with Crippen molar-refractivity contribution in [3.8, 4) is 11.4 Å². The molecule has 0 aliphatic rings. The van der Waals surface area contributed by atoms with E-state index in [0.29, 0.717) is 17.1 Å². The maximum Gasteiger partial charge on any atom is 0.332 e. The first kappa shape index (κ1) is 24.1. The molecule has 0 aliphatic heterocycles. The van der Waals surface area contributed by atoms with E-state index in [0.717, 1.165) is 22.9 Å². The molecule has 0 spiro atoms. The number of aromatic amines is 1. The Balaban J connectivity index is 2.10. The summed E-state index contributed by atoms with van der Waals surface area (Å²) in [4.78, 5) is 26.2. The second-order valence-corrected chi connectivity index (χ2v) is 10.4. The molecule has 1 heterocycles. The van der Waals surface area contributed by atoms with E-state index >= 15 is 0 Å². The zero-order valence-electron chi connectivity index (χ0n) is 19.2. The number of sulfonamides is 1. The highest BCUT2D eigenvalue weighted by Crippen LogP contribution is 2.37. The molecule has 0 saturated carbocycles. The minimum absolute atomic E-state index is 0.283. The molecule has 0 radical (unpaired) electrons. The van der Waals surface area contributed by atoms with E-state index in [2.05, 4.69) is 9.71 Å². The smallest absolute Gasteiger partial charge is 0.332 e. The lowest BCUT2D eigenvalue weighted by Gasteiger charge is -2.25. The van der Waals surface area contributed by atoms with Gasteiger partial charge in [-0.3, -0.25) is 19.1 Å². The number of hydrogen-bond acceptors (Lipinski definition) is 5. The van der Waals surface area contributed by atoms with Crippen molar-refractivity contribution in [3.63, 3.8) is 0 Å². The largest absolute Gasteiger partial charge is 0.496 e. The molecule has 0 saturated heterocycles. The average molecular weight is 470 g/mol. The van der Waals surface area contributed by atoms with Crippen LogP contribution in [0.15, 0.2) is 58.3 Å². The number of H-pyrrole nitrogens is 1. The molecule has 2 aromatic carbocycles. The molecule has 9 heteroatoms. The monoisotopic (exact) mass is 469 g/mol. The fourth-order valence-electron chi connectivity index (χ4n) is 3.37. The predicted octanol–water partition coefficient (Wildman–Crippen LogP) is 3.37. The molecule has 174 valence electrons. The number of ether oxygens (including phenoxy) is 1. The van der Waals surface area contributed by atoms with E-state index in [-0.39, 0.29) is 5.41 Å². The van der Waals surface area contributed by atoms with E-state index < -0.39 is 21.3 Å². The molecule has 0 amide bonds. The third-order valence-electron chi connectivity index (χ3n) is 4.89. The summed E-state index contributed by atoms with van der Waals surface area (Å²) in [5.41, 5.74) is 2.28. The molecule has 3 aromatic rings. The van der Waals surface area contributed by atoms with Gasteiger partial charge in [0.2, 0.25) is 10.0 Å². The van der Waals surface area contributed by atoms with Crippen LogP contribution in [0.4, 0.5) is 5.69 Å². The zero-order valence-corrected chi connectivity index (χ0v) is 20.0. The molecular weight excluding hydrogens is 442 g/mol. The van der Waals surface area contributed by atoms with Crippen molar-refractivity contribution >= 4 is 27.9 Å². The van der Waals surface area contributed by atoms with Gasteiger partial charge in [0.1, 0.15) is 5.75 Å². The number of hydrogen-bond donors (Lipinski definition) is 2. The number of benzene rings is 2. The highest BCUT2D eigenvalue weighted by atomic mass is 32.2. The van der Waals surface area contributed by atoms with Crippen molar-refractivity contribution in [2.24, 2.45) is 0 Å². The normalized spacial score (nSPS) is 12.2. The fourth-order valence-corrected chi connectivity index (χ4v) is 3.93. The Kier molecular flexibility index (Phi) is 6.64. The van der Waals surface area contributed by atoms with Gasteiger partial charge in [0, 0.05) is 29.1 Å². The number of anilines is 1. The van der Waals surface area contributed by atoms with E-state index in [9.17, 15) is 18.0 Å². The molecule has 0 fully saturated rings. The molecule has 0 bridgehead atoms. The van der Waals surface area contributed by atoms with Crippen molar-refractivity contribution in [1.82, 2.24) is 9.55 Å². The standard InChI is InChI=1S/C24H27N3O5S/c1-24(2,3)20-15-19(27-13-12-21(28)25-23(27)29)14-17(22(20)32-4)9-6-16-7-10-18(11-8-16)26-33(5,30)31/h6-15,26H,1-5H3,(H,25,28,29). The number of rotatable bonds is 6. The van der Waals surface area contributed by atoms with Gasteiger partial charge in [-0.25, -0.2) is 13.2 Å². The molecule has 3 rings (SSSR count). The minimum Gasteiger partial charge on any atom is -0.496 e. The van der Waals surface area contributed by atoms with Crippen molar-refractivity contribution in [2.75, 3.05) is 18.1 Å². The van der Waals surface area contributed by atoms with Gasteiger partial charge >= 0.3 is 5.69 Å². The van der Waals surface area contributed by atoms with Crippen LogP contribution in [0.5, 0.6) is 5.75 Å². The van der Waals surface area contributed by atoms with Crippen LogP contribution in [0.3, 0.4) is 0 Å². The van der Waals surface area contributed by atoms with Crippen molar-refractivity contribution in [1.29, 1.82) is 0 Å². The highest BCUT2D eigenvalue weighted by molar-refractivity contribution is 7.92. The minimum atomic E-state index is -3.34. The Morgan fingerprint density at radius 3 is 2.24 bits per heavy atom. The third kappa shape index (κ3) is 6.01. The maximum atomic E-state index is 12.4. The van der Waals surface area contributed by atoms with Crippen LogP contribution in [-0.2, 0) is 15.4 Å². The van der Waals surface area contributed by atoms with Gasteiger partial charge in [-0.1, -0.05) is 45.1 Å². The quantitative estimate of drug-likeness (QED) is 0.538. The van der Waals surface area contributed by atoms with E-state index in [1.54, 1.807) is 31.4 Å². The van der Waals surface area contributed by atoms with Gasteiger partial charge in [0.05, 0.1) is 19.1 Å². The Hall–Kier alpha value is -3.59. The van der Waals surface area contributed by atoms with Gasteiger partial charge in [0.15, 0.2) is 0 Å². The molecule has 0 atom stereocenters. The SMILES string of the molecule is COc1c(C=Cc2ccc(NS(C)(=O)=O)cc2)cc(-n2ccc(=O)[nH]c2=O)cc1C(C)(C)C. The lowest BCUT2D eigenvalue weighted by atomic mass is 9.84. The molecular formula is C24H27N3O5S. The topological polar surface area (TPSA) is 110 Å². The van der Waals surface area contributed by atoms with Crippen LogP contribution in [0, 0.1) is 0 Å². The van der Waals surface area contributed by atoms with Gasteiger partial charge < -0.3 is 4.74 Å². The van der Waals surface area contributed by atoms with Gasteiger partial charge in [-0.15, -0.1) is 0 Å². The molecule has 8 nitrogen and oxygen atoms in total. The first-order valence-corrected chi connectivity index (χ1v) is 12.1. The van der Waals surface area contributed by atoms with Crippen LogP contribution in [0.2, 0.25) is 0 Å². The van der Waals surface area contributed by atoms with E-state index in [1.807, 2.05) is 45.1 Å². The molecule has 2 N–H and O–H groups in total. The Morgan fingerprint density at radius 1 is 1.03 bits per heavy atom. The first-order valence-electron chi connectivity index (χ1n) is 10.2. The summed E-state index contributed by atoms with van der Waals surface area (Å²) in [5.74, 6) is 0.676. The Morgan fingerprint density at radius 2 is 1.70 bits per heavy atom. The van der Waals surface area contributed by atoms with Crippen LogP contribution in [0.25, 0.3) is 17.8 Å². The molecule has 1 aromatic heterocycles. The predicted molar refractivity (Wildman–Crippen MR) is 132 cm³/mol. The van der Waals surface area contributed by atoms with Crippen LogP contribution >= 0.6 is 0 Å². The van der Waals surface area contributed by atoms with Crippen molar-refractivity contribution in [3.05, 3.63) is 86.2 Å². The summed E-state index contributed by atoms with van der Waals surface area (Å²) in [7, 11) is -1.75. The Labute approximate surface area is 192 Å². The molecule has 0 unspecified atom stereocenters. The van der Waals surface area contributed by atoms with E-state index in [1.165, 1.54) is 16.8 Å². The summed E-state index contributed by atoms with van der Waals surface area (Å²) in [6, 6.07) is 11.9. The number of methoxy groups -OCH3 is 1. The van der Waals surface area contributed by atoms with Crippen LogP contribution < -0.4 is 20.7 Å². The lowest BCUT2D eigenvalue weighted by molar-refractivity contribution is 0.396. The molecule has 33 heavy (non-hydrogen) atoms. The second-order valence-electron chi connectivity index (χ2n) is 8.68. The van der Waals surface area contributed by atoms with Crippen molar-refractivity contribution in [2.45, 2.75) is 26.2 Å².